The molecular formula is C12H19N3O4. The maximum Gasteiger partial charge on any atom is 0.326 e. The third-order valence-electron chi connectivity index (χ3n) is 2.49. The van der Waals surface area contributed by atoms with E-state index < -0.39 is 23.5 Å². The van der Waals surface area contributed by atoms with Gasteiger partial charge in [-0.15, -0.1) is 0 Å². The molecule has 106 valence electrons. The average molecular weight is 269 g/mol. The van der Waals surface area contributed by atoms with Gasteiger partial charge in [0.05, 0.1) is 12.2 Å². The molecule has 1 aromatic heterocycles. The minimum absolute atomic E-state index is 0.156. The van der Waals surface area contributed by atoms with Crippen LogP contribution in [0.5, 0.6) is 0 Å². The van der Waals surface area contributed by atoms with Crippen molar-refractivity contribution in [3.63, 3.8) is 0 Å². The first kappa shape index (κ1) is 15.0. The zero-order chi connectivity index (χ0) is 14.6. The Balaban J connectivity index is 2.52. The number of carbonyl (C=O) groups excluding carboxylic acids is 1. The number of carboxylic acid groups (broad SMARTS) is 1. The maximum absolute atomic E-state index is 11.6. The number of nitrogens with zero attached hydrogens (tertiary/aromatic N) is 1. The van der Waals surface area contributed by atoms with E-state index >= 15 is 0 Å². The van der Waals surface area contributed by atoms with E-state index in [1.807, 2.05) is 0 Å². The molecule has 0 saturated carbocycles. The quantitative estimate of drug-likeness (QED) is 0.763. The third-order valence-corrected chi connectivity index (χ3v) is 2.49. The fourth-order valence-electron chi connectivity index (χ4n) is 1.50. The molecule has 3 N–H and O–H groups in total. The molecule has 0 fully saturated rings. The number of aromatic nitrogens is 1. The molecule has 1 heterocycles. The van der Waals surface area contributed by atoms with Gasteiger partial charge >= 0.3 is 12.0 Å². The number of nitrogens with one attached hydrogen (secondary N) is 2. The molecule has 0 bridgehead atoms. The molecule has 0 aliphatic rings. The molecule has 1 rings (SSSR count). The van der Waals surface area contributed by atoms with E-state index in [1.54, 1.807) is 33.8 Å². The van der Waals surface area contributed by atoms with E-state index in [0.29, 0.717) is 5.76 Å². The molecule has 1 aromatic rings. The molecule has 1 unspecified atom stereocenters. The second kappa shape index (κ2) is 5.73. The standard InChI is InChI=1S/C12H19N3O4/c1-7-5-8(19-15-7)6-13-11(18)14-9(10(16)17)12(2,3)4/h5,9H,6H2,1-4H3,(H,16,17)(H2,13,14,18). The largest absolute Gasteiger partial charge is 0.480 e. The second-order valence-corrected chi connectivity index (χ2v) is 5.40. The Morgan fingerprint density at radius 2 is 2.11 bits per heavy atom. The van der Waals surface area contributed by atoms with Crippen LogP contribution in [0.2, 0.25) is 0 Å². The number of urea groups is 1. The maximum atomic E-state index is 11.6. The van der Waals surface area contributed by atoms with Crippen LogP contribution in [0.3, 0.4) is 0 Å². The van der Waals surface area contributed by atoms with Gasteiger partial charge in [-0.05, 0) is 12.3 Å². The molecule has 0 spiro atoms. The molecule has 19 heavy (non-hydrogen) atoms. The number of hydrogen-bond acceptors (Lipinski definition) is 4. The van der Waals surface area contributed by atoms with Gasteiger partial charge in [0.15, 0.2) is 5.76 Å². The smallest absolute Gasteiger partial charge is 0.326 e. The van der Waals surface area contributed by atoms with Gasteiger partial charge in [-0.3, -0.25) is 0 Å². The number of amides is 2. The third kappa shape index (κ3) is 4.61. The normalized spacial score (nSPS) is 12.8. The zero-order valence-corrected chi connectivity index (χ0v) is 11.5. The first-order valence-corrected chi connectivity index (χ1v) is 5.89. The molecule has 0 aliphatic heterocycles. The van der Waals surface area contributed by atoms with E-state index in [1.165, 1.54) is 0 Å². The van der Waals surface area contributed by atoms with E-state index in [9.17, 15) is 9.59 Å². The number of aryl methyl sites for hydroxylation is 1. The van der Waals surface area contributed by atoms with E-state index in [4.69, 9.17) is 9.63 Å². The van der Waals surface area contributed by atoms with Gasteiger partial charge in [-0.1, -0.05) is 25.9 Å². The SMILES string of the molecule is Cc1cc(CNC(=O)NC(C(=O)O)C(C)(C)C)on1. The minimum atomic E-state index is -1.07. The summed E-state index contributed by atoms with van der Waals surface area (Å²) in [6.07, 6.45) is 0. The van der Waals surface area contributed by atoms with Crippen molar-refractivity contribution in [3.8, 4) is 0 Å². The molecule has 0 aliphatic carbocycles. The lowest BCUT2D eigenvalue weighted by Crippen LogP contribution is -2.52. The van der Waals surface area contributed by atoms with E-state index in [0.717, 1.165) is 5.69 Å². The number of hydrogen-bond donors (Lipinski definition) is 3. The predicted octanol–water partition coefficient (Wildman–Crippen LogP) is 1.28. The van der Waals surface area contributed by atoms with Crippen LogP contribution in [0, 0.1) is 12.3 Å². The highest BCUT2D eigenvalue weighted by Gasteiger charge is 2.32. The van der Waals surface area contributed by atoms with Crippen LogP contribution in [-0.2, 0) is 11.3 Å². The Morgan fingerprint density at radius 1 is 1.47 bits per heavy atom. The lowest BCUT2D eigenvalue weighted by molar-refractivity contribution is -0.141. The summed E-state index contributed by atoms with van der Waals surface area (Å²) in [6.45, 7) is 7.15. The van der Waals surface area contributed by atoms with Crippen molar-refractivity contribution >= 4 is 12.0 Å². The average Bonchev–Trinajstić information content (AvgIpc) is 2.67. The van der Waals surface area contributed by atoms with Crippen LogP contribution in [0.25, 0.3) is 0 Å². The summed E-state index contributed by atoms with van der Waals surface area (Å²) >= 11 is 0. The van der Waals surface area contributed by atoms with E-state index in [2.05, 4.69) is 15.8 Å². The summed E-state index contributed by atoms with van der Waals surface area (Å²) in [7, 11) is 0. The van der Waals surface area contributed by atoms with Gasteiger partial charge in [-0.25, -0.2) is 9.59 Å². The second-order valence-electron chi connectivity index (χ2n) is 5.40. The van der Waals surface area contributed by atoms with Crippen molar-refractivity contribution < 1.29 is 19.2 Å². The molecule has 0 aromatic carbocycles. The van der Waals surface area contributed by atoms with Crippen LogP contribution in [-0.4, -0.2) is 28.3 Å². The van der Waals surface area contributed by atoms with Gasteiger partial charge in [-0.2, -0.15) is 0 Å². The molecule has 2 amide bonds. The Kier molecular flexibility index (Phi) is 4.52. The Bertz CT molecular complexity index is 462. The fraction of sp³-hybridized carbons (Fsp3) is 0.583. The number of rotatable bonds is 4. The topological polar surface area (TPSA) is 104 Å². The summed E-state index contributed by atoms with van der Waals surface area (Å²) in [6, 6.07) is 0.166. The summed E-state index contributed by atoms with van der Waals surface area (Å²) in [5.74, 6) is -0.562. The van der Waals surface area contributed by atoms with Gasteiger partial charge in [0, 0.05) is 6.07 Å². The van der Waals surface area contributed by atoms with Gasteiger partial charge in [0.25, 0.3) is 0 Å². The summed E-state index contributed by atoms with van der Waals surface area (Å²) in [5.41, 5.74) is 0.140. The first-order chi connectivity index (χ1) is 8.70. The number of aliphatic carboxylic acids is 1. The van der Waals surface area contributed by atoms with E-state index in [-0.39, 0.29) is 6.54 Å². The molecule has 0 saturated heterocycles. The monoisotopic (exact) mass is 269 g/mol. The van der Waals surface area contributed by atoms with Gasteiger partial charge in [0.2, 0.25) is 0 Å². The van der Waals surface area contributed by atoms with Crippen molar-refractivity contribution in [2.45, 2.75) is 40.3 Å². The summed E-state index contributed by atoms with van der Waals surface area (Å²) < 4.78 is 4.93. The van der Waals surface area contributed by atoms with Crippen LogP contribution < -0.4 is 10.6 Å². The van der Waals surface area contributed by atoms with Crippen molar-refractivity contribution in [1.29, 1.82) is 0 Å². The van der Waals surface area contributed by atoms with Crippen molar-refractivity contribution in [2.24, 2.45) is 5.41 Å². The molecule has 0 radical (unpaired) electrons. The zero-order valence-electron chi connectivity index (χ0n) is 11.5. The van der Waals surface area contributed by atoms with Crippen LogP contribution in [0.15, 0.2) is 10.6 Å². The molecule has 1 atom stereocenters. The lowest BCUT2D eigenvalue weighted by Gasteiger charge is -2.27. The molecular weight excluding hydrogens is 250 g/mol. The van der Waals surface area contributed by atoms with Crippen molar-refractivity contribution in [1.82, 2.24) is 15.8 Å². The molecule has 7 nitrogen and oxygen atoms in total. The first-order valence-electron chi connectivity index (χ1n) is 5.89. The van der Waals surface area contributed by atoms with Crippen LogP contribution in [0.4, 0.5) is 4.79 Å². The lowest BCUT2D eigenvalue weighted by atomic mass is 9.87. The Labute approximate surface area is 111 Å². The highest BCUT2D eigenvalue weighted by molar-refractivity contribution is 5.83. The number of carboxylic acids is 1. The Hall–Kier alpha value is -2.05. The highest BCUT2D eigenvalue weighted by Crippen LogP contribution is 2.19. The number of carbonyl (C=O) groups is 2. The van der Waals surface area contributed by atoms with Gasteiger partial charge in [0.1, 0.15) is 6.04 Å². The van der Waals surface area contributed by atoms with Gasteiger partial charge < -0.3 is 20.3 Å². The summed E-state index contributed by atoms with van der Waals surface area (Å²) in [4.78, 5) is 22.7. The Morgan fingerprint density at radius 3 is 2.53 bits per heavy atom. The fourth-order valence-corrected chi connectivity index (χ4v) is 1.50. The predicted molar refractivity (Wildman–Crippen MR) is 67.5 cm³/mol. The molecule has 7 heteroatoms. The van der Waals surface area contributed by atoms with Crippen LogP contribution in [0.1, 0.15) is 32.2 Å². The van der Waals surface area contributed by atoms with Crippen molar-refractivity contribution in [3.05, 3.63) is 17.5 Å². The highest BCUT2D eigenvalue weighted by atomic mass is 16.5. The van der Waals surface area contributed by atoms with Crippen LogP contribution >= 0.6 is 0 Å². The minimum Gasteiger partial charge on any atom is -0.480 e. The van der Waals surface area contributed by atoms with Crippen molar-refractivity contribution in [2.75, 3.05) is 0 Å². The summed E-state index contributed by atoms with van der Waals surface area (Å²) in [5, 5.41) is 17.7.